The Bertz CT molecular complexity index is 1460. The highest BCUT2D eigenvalue weighted by Gasteiger charge is 2.32. The molecule has 1 heterocycles. The van der Waals surface area contributed by atoms with Crippen LogP contribution in [0.3, 0.4) is 0 Å². The second-order valence-electron chi connectivity index (χ2n) is 7.57. The number of thiophene rings is 1. The van der Waals surface area contributed by atoms with E-state index in [1.165, 1.54) is 12.1 Å². The number of para-hydroxylation sites is 1. The molecule has 0 amide bonds. The Kier molecular flexibility index (Phi) is 6.30. The van der Waals surface area contributed by atoms with Gasteiger partial charge in [0, 0.05) is 5.56 Å². The minimum atomic E-state index is -4.02. The van der Waals surface area contributed by atoms with Crippen LogP contribution in [0.2, 0.25) is 5.02 Å². The molecule has 0 atom stereocenters. The molecule has 0 saturated carbocycles. The Hall–Kier alpha value is -3.13. The summed E-state index contributed by atoms with van der Waals surface area (Å²) in [5.41, 5.74) is 9.10. The van der Waals surface area contributed by atoms with Crippen LogP contribution >= 0.6 is 22.9 Å². The van der Waals surface area contributed by atoms with E-state index >= 15 is 0 Å². The number of nitrogen functional groups attached to an aromatic ring is 1. The van der Waals surface area contributed by atoms with Gasteiger partial charge in [-0.05, 0) is 43.7 Å². The van der Waals surface area contributed by atoms with E-state index in [0.29, 0.717) is 16.3 Å². The maximum atomic E-state index is 13.6. The summed E-state index contributed by atoms with van der Waals surface area (Å²) in [5, 5.41) is 3.73. The van der Waals surface area contributed by atoms with Gasteiger partial charge in [0.05, 0.1) is 21.3 Å². The molecule has 0 saturated heterocycles. The van der Waals surface area contributed by atoms with Crippen LogP contribution in [-0.2, 0) is 9.84 Å². The number of ketones is 1. The number of nitrogens with one attached hydrogen (secondary N) is 1. The van der Waals surface area contributed by atoms with E-state index in [1.807, 2.05) is 26.0 Å². The number of rotatable bonds is 6. The number of benzene rings is 3. The Morgan fingerprint density at radius 2 is 1.64 bits per heavy atom. The Morgan fingerprint density at radius 1 is 0.970 bits per heavy atom. The number of hydrogen-bond acceptors (Lipinski definition) is 6. The van der Waals surface area contributed by atoms with Gasteiger partial charge in [0.15, 0.2) is 0 Å². The lowest BCUT2D eigenvalue weighted by molar-refractivity contribution is 0.104. The van der Waals surface area contributed by atoms with Gasteiger partial charge in [0.2, 0.25) is 15.6 Å². The highest BCUT2D eigenvalue weighted by atomic mass is 35.5. The number of carbonyl (C=O) groups excluding carboxylic acids is 1. The molecule has 0 spiro atoms. The van der Waals surface area contributed by atoms with Gasteiger partial charge in [-0.15, -0.1) is 11.3 Å². The zero-order valence-electron chi connectivity index (χ0n) is 17.9. The topological polar surface area (TPSA) is 89.3 Å². The van der Waals surface area contributed by atoms with Crippen LogP contribution < -0.4 is 11.1 Å². The van der Waals surface area contributed by atoms with Crippen molar-refractivity contribution in [3.8, 4) is 0 Å². The first-order valence-electron chi connectivity index (χ1n) is 10.1. The molecule has 4 rings (SSSR count). The van der Waals surface area contributed by atoms with E-state index < -0.39 is 9.84 Å². The van der Waals surface area contributed by atoms with Crippen LogP contribution in [0.5, 0.6) is 0 Å². The first-order valence-corrected chi connectivity index (χ1v) is 12.7. The summed E-state index contributed by atoms with van der Waals surface area (Å²) in [7, 11) is -4.02. The molecule has 3 aromatic carbocycles. The predicted octanol–water partition coefficient (Wildman–Crippen LogP) is 6.41. The lowest BCUT2D eigenvalue weighted by Gasteiger charge is -2.10. The molecular weight excluding hydrogens is 476 g/mol. The number of hydrogen-bond donors (Lipinski definition) is 2. The molecule has 0 aliphatic carbocycles. The van der Waals surface area contributed by atoms with Gasteiger partial charge in [0.25, 0.3) is 0 Å². The molecule has 168 valence electrons. The van der Waals surface area contributed by atoms with Crippen molar-refractivity contribution < 1.29 is 13.2 Å². The third-order valence-corrected chi connectivity index (χ3v) is 8.61. The highest BCUT2D eigenvalue weighted by molar-refractivity contribution is 7.92. The lowest BCUT2D eigenvalue weighted by Crippen LogP contribution is -2.09. The van der Waals surface area contributed by atoms with E-state index in [-0.39, 0.29) is 31.1 Å². The molecule has 1 aromatic heterocycles. The summed E-state index contributed by atoms with van der Waals surface area (Å²) in [6, 6.07) is 20.4. The Balaban J connectivity index is 1.91. The third-order valence-electron chi connectivity index (χ3n) is 5.18. The summed E-state index contributed by atoms with van der Waals surface area (Å²) in [5.74, 6) is -0.327. The number of sulfone groups is 1. The van der Waals surface area contributed by atoms with Gasteiger partial charge in [-0.25, -0.2) is 8.42 Å². The number of carbonyl (C=O) groups is 1. The van der Waals surface area contributed by atoms with E-state index in [1.54, 1.807) is 48.5 Å². The Labute approximate surface area is 201 Å². The molecule has 4 aromatic rings. The lowest BCUT2D eigenvalue weighted by atomic mass is 10.0. The van der Waals surface area contributed by atoms with Crippen LogP contribution in [-0.4, -0.2) is 14.2 Å². The van der Waals surface area contributed by atoms with Crippen LogP contribution in [0, 0.1) is 13.8 Å². The monoisotopic (exact) mass is 496 g/mol. The minimum Gasteiger partial charge on any atom is -0.396 e. The maximum absolute atomic E-state index is 13.6. The van der Waals surface area contributed by atoms with Crippen molar-refractivity contribution in [2.24, 2.45) is 0 Å². The number of aryl methyl sites for hydroxylation is 2. The van der Waals surface area contributed by atoms with Crippen molar-refractivity contribution in [2.75, 3.05) is 11.1 Å². The summed E-state index contributed by atoms with van der Waals surface area (Å²) in [6.45, 7) is 3.78. The summed E-state index contributed by atoms with van der Waals surface area (Å²) in [4.78, 5) is 13.5. The first-order chi connectivity index (χ1) is 15.7. The van der Waals surface area contributed by atoms with Crippen molar-refractivity contribution in [3.63, 3.8) is 0 Å². The summed E-state index contributed by atoms with van der Waals surface area (Å²) in [6.07, 6.45) is 0. The Morgan fingerprint density at radius 3 is 2.30 bits per heavy atom. The molecule has 8 heteroatoms. The fourth-order valence-electron chi connectivity index (χ4n) is 3.54. The second kappa shape index (κ2) is 9.02. The number of halogens is 1. The molecule has 0 fully saturated rings. The van der Waals surface area contributed by atoms with Gasteiger partial charge in [-0.3, -0.25) is 4.79 Å². The van der Waals surface area contributed by atoms with Gasteiger partial charge < -0.3 is 11.1 Å². The molecule has 0 bridgehead atoms. The number of nitrogens with two attached hydrogens (primary N) is 1. The fourth-order valence-corrected chi connectivity index (χ4v) is 6.66. The predicted molar refractivity (Wildman–Crippen MR) is 135 cm³/mol. The van der Waals surface area contributed by atoms with E-state index in [2.05, 4.69) is 5.32 Å². The maximum Gasteiger partial charge on any atom is 0.211 e. The van der Waals surface area contributed by atoms with Crippen molar-refractivity contribution in [3.05, 3.63) is 99.4 Å². The van der Waals surface area contributed by atoms with Gasteiger partial charge in [0.1, 0.15) is 14.8 Å². The minimum absolute atomic E-state index is 0.0802. The second-order valence-corrected chi connectivity index (χ2v) is 10.9. The van der Waals surface area contributed by atoms with Crippen molar-refractivity contribution >= 4 is 54.9 Å². The van der Waals surface area contributed by atoms with Gasteiger partial charge in [-0.2, -0.15) is 0 Å². The quantitative estimate of drug-likeness (QED) is 0.301. The summed E-state index contributed by atoms with van der Waals surface area (Å²) >= 11 is 7.30. The van der Waals surface area contributed by atoms with Crippen LogP contribution in [0.1, 0.15) is 26.4 Å². The van der Waals surface area contributed by atoms with Gasteiger partial charge in [-0.1, -0.05) is 65.7 Å². The van der Waals surface area contributed by atoms with Crippen molar-refractivity contribution in [1.82, 2.24) is 0 Å². The molecule has 0 aliphatic heterocycles. The van der Waals surface area contributed by atoms with Crippen LogP contribution in [0.15, 0.2) is 82.6 Å². The molecule has 3 N–H and O–H groups in total. The molecule has 33 heavy (non-hydrogen) atoms. The normalized spacial score (nSPS) is 11.4. The fraction of sp³-hybridized carbons (Fsp3) is 0.0800. The standard InChI is InChI=1S/C25H21ClN2O3S2/c1-15-12-13-18(16(2)14-15)22(29)23-21(27)24(33(30,31)17-8-4-3-5-9-17)25(32-23)28-20-11-7-6-10-19(20)26/h3-14,28H,27H2,1-2H3. The molecule has 5 nitrogen and oxygen atoms in total. The van der Waals surface area contributed by atoms with Crippen LogP contribution in [0.25, 0.3) is 0 Å². The number of anilines is 3. The SMILES string of the molecule is Cc1ccc(C(=O)c2sc(Nc3ccccc3Cl)c(S(=O)(=O)c3ccccc3)c2N)c(C)c1. The van der Waals surface area contributed by atoms with E-state index in [4.69, 9.17) is 17.3 Å². The average molecular weight is 497 g/mol. The van der Waals surface area contributed by atoms with Crippen molar-refractivity contribution in [1.29, 1.82) is 0 Å². The smallest absolute Gasteiger partial charge is 0.211 e. The van der Waals surface area contributed by atoms with E-state index in [9.17, 15) is 13.2 Å². The molecule has 0 aliphatic rings. The summed E-state index contributed by atoms with van der Waals surface area (Å²) < 4.78 is 27.2. The van der Waals surface area contributed by atoms with E-state index in [0.717, 1.165) is 22.5 Å². The molecule has 0 unspecified atom stereocenters. The molecular formula is C25H21ClN2O3S2. The van der Waals surface area contributed by atoms with Crippen LogP contribution in [0.4, 0.5) is 16.4 Å². The van der Waals surface area contributed by atoms with Crippen molar-refractivity contribution in [2.45, 2.75) is 23.6 Å². The zero-order valence-corrected chi connectivity index (χ0v) is 20.3. The zero-order chi connectivity index (χ0) is 23.8. The highest BCUT2D eigenvalue weighted by Crippen LogP contribution is 2.44. The average Bonchev–Trinajstić information content (AvgIpc) is 3.12. The third kappa shape index (κ3) is 4.39. The largest absolute Gasteiger partial charge is 0.396 e. The van der Waals surface area contributed by atoms with Gasteiger partial charge >= 0.3 is 0 Å². The first kappa shape index (κ1) is 23.0. The molecule has 0 radical (unpaired) electrons.